The molecule has 78 valence electrons. The highest BCUT2D eigenvalue weighted by atomic mass is 31.1. The highest BCUT2D eigenvalue weighted by Gasteiger charge is 1.92. The van der Waals surface area contributed by atoms with Crippen LogP contribution in [0.5, 0.6) is 0 Å². The molecule has 0 unspecified atom stereocenters. The Balaban J connectivity index is 4.13. The molecule has 0 aliphatic heterocycles. The Bertz CT molecular complexity index is 259. The molecule has 0 aromatic heterocycles. The van der Waals surface area contributed by atoms with Gasteiger partial charge < -0.3 is 0 Å². The van der Waals surface area contributed by atoms with Crippen molar-refractivity contribution in [3.05, 3.63) is 35.5 Å². The van der Waals surface area contributed by atoms with Gasteiger partial charge in [-0.2, -0.15) is 0 Å². The van der Waals surface area contributed by atoms with Gasteiger partial charge in [0.15, 0.2) is 0 Å². The van der Waals surface area contributed by atoms with E-state index in [1.807, 2.05) is 19.1 Å². The average Bonchev–Trinajstić information content (AvgIpc) is 2.02. The van der Waals surface area contributed by atoms with Gasteiger partial charge in [-0.15, -0.1) is 7.92 Å². The summed E-state index contributed by atoms with van der Waals surface area (Å²) in [6.45, 7) is 8.61. The van der Waals surface area contributed by atoms with E-state index in [-0.39, 0.29) is 7.92 Å². The van der Waals surface area contributed by atoms with E-state index in [4.69, 9.17) is 0 Å². The largest absolute Gasteiger partial charge is 0.299 e. The zero-order chi connectivity index (χ0) is 11.0. The van der Waals surface area contributed by atoms with Crippen molar-refractivity contribution in [2.24, 2.45) is 0 Å². The Kier molecular flexibility index (Phi) is 7.32. The Morgan fingerprint density at radius 2 is 1.86 bits per heavy atom. The zero-order valence-corrected chi connectivity index (χ0v) is 10.3. The minimum absolute atomic E-state index is 0.149. The summed E-state index contributed by atoms with van der Waals surface area (Å²) in [5.41, 5.74) is 2.38. The van der Waals surface area contributed by atoms with E-state index in [1.165, 1.54) is 11.7 Å². The molecule has 0 aliphatic rings. The first-order valence-electron chi connectivity index (χ1n) is 4.67. The normalized spacial score (nSPS) is 14.1. The molecule has 0 radical (unpaired) electrons. The van der Waals surface area contributed by atoms with Gasteiger partial charge >= 0.3 is 0 Å². The fraction of sp³-hybridized carbons (Fsp3) is 0.417. The van der Waals surface area contributed by atoms with Gasteiger partial charge in [-0.3, -0.25) is 4.79 Å². The third kappa shape index (κ3) is 7.94. The summed E-state index contributed by atoms with van der Waals surface area (Å²) in [7, 11) is 0.149. The molecule has 0 bridgehead atoms. The van der Waals surface area contributed by atoms with Crippen molar-refractivity contribution >= 4 is 14.2 Å². The minimum atomic E-state index is 0.149. The molecule has 0 N–H and O–H groups in total. The maximum absolute atomic E-state index is 10.1. The highest BCUT2D eigenvalue weighted by Crippen LogP contribution is 2.26. The van der Waals surface area contributed by atoms with Crippen LogP contribution in [0.2, 0.25) is 0 Å². The fourth-order valence-corrected chi connectivity index (χ4v) is 2.18. The van der Waals surface area contributed by atoms with Gasteiger partial charge in [-0.25, -0.2) is 0 Å². The molecule has 0 saturated carbocycles. The van der Waals surface area contributed by atoms with E-state index in [2.05, 4.69) is 26.3 Å². The van der Waals surface area contributed by atoms with Crippen molar-refractivity contribution < 1.29 is 4.79 Å². The van der Waals surface area contributed by atoms with Gasteiger partial charge in [0.05, 0.1) is 0 Å². The molecule has 2 heteroatoms. The summed E-state index contributed by atoms with van der Waals surface area (Å²) in [4.78, 5) is 10.1. The second kappa shape index (κ2) is 7.70. The van der Waals surface area contributed by atoms with Gasteiger partial charge in [-0.05, 0) is 45.0 Å². The van der Waals surface area contributed by atoms with Gasteiger partial charge in [0.2, 0.25) is 0 Å². The lowest BCUT2D eigenvalue weighted by Gasteiger charge is -2.03. The summed E-state index contributed by atoms with van der Waals surface area (Å²) >= 11 is 0. The van der Waals surface area contributed by atoms with Crippen LogP contribution in [0.3, 0.4) is 0 Å². The Morgan fingerprint density at radius 3 is 2.36 bits per heavy atom. The molecule has 0 fully saturated rings. The van der Waals surface area contributed by atoms with Crippen molar-refractivity contribution in [3.8, 4) is 0 Å². The molecule has 0 atom stereocenters. The zero-order valence-electron chi connectivity index (χ0n) is 9.45. The van der Waals surface area contributed by atoms with Gasteiger partial charge in [0.25, 0.3) is 0 Å². The Morgan fingerprint density at radius 1 is 1.21 bits per heavy atom. The van der Waals surface area contributed by atoms with Crippen LogP contribution in [0.15, 0.2) is 35.5 Å². The molecule has 0 heterocycles. The topological polar surface area (TPSA) is 17.1 Å². The van der Waals surface area contributed by atoms with Crippen LogP contribution in [-0.2, 0) is 4.79 Å². The molecule has 0 aromatic rings. The van der Waals surface area contributed by atoms with Gasteiger partial charge in [0, 0.05) is 0 Å². The maximum Gasteiger partial charge on any atom is 0.143 e. The van der Waals surface area contributed by atoms with Crippen LogP contribution in [0.1, 0.15) is 13.8 Å². The molecule has 0 rings (SSSR count). The lowest BCUT2D eigenvalue weighted by atomic mass is 10.2. The lowest BCUT2D eigenvalue weighted by Crippen LogP contribution is -1.82. The van der Waals surface area contributed by atoms with Crippen molar-refractivity contribution in [1.82, 2.24) is 0 Å². The maximum atomic E-state index is 10.1. The number of carbonyl (C=O) groups excluding carboxylic acids is 1. The molecule has 0 spiro atoms. The second-order valence-corrected chi connectivity index (χ2v) is 6.13. The highest BCUT2D eigenvalue weighted by molar-refractivity contribution is 7.56. The molecule has 1 nitrogen and oxygen atoms in total. The van der Waals surface area contributed by atoms with Gasteiger partial charge in [-0.1, -0.05) is 23.8 Å². The average molecular weight is 210 g/mol. The lowest BCUT2D eigenvalue weighted by molar-refractivity contribution is -0.104. The molecule has 0 saturated heterocycles. The smallest absolute Gasteiger partial charge is 0.143 e. The standard InChI is InChI=1S/C12H19OP/c1-11(8-9-13)6-5-7-12(2)10-14(3)4/h5-9H,10H2,1-4H3/b6-5+,11-8+,12-7+. The predicted molar refractivity (Wildman–Crippen MR) is 66.4 cm³/mol. The van der Waals surface area contributed by atoms with Crippen LogP contribution in [0.25, 0.3) is 0 Å². The summed E-state index contributed by atoms with van der Waals surface area (Å²) in [5, 5.41) is 0. The van der Waals surface area contributed by atoms with E-state index < -0.39 is 0 Å². The first kappa shape index (κ1) is 13.3. The molecule has 0 aliphatic carbocycles. The van der Waals surface area contributed by atoms with Crippen molar-refractivity contribution in [1.29, 1.82) is 0 Å². The van der Waals surface area contributed by atoms with E-state index in [0.717, 1.165) is 11.9 Å². The van der Waals surface area contributed by atoms with E-state index >= 15 is 0 Å². The summed E-state index contributed by atoms with van der Waals surface area (Å²) in [6.07, 6.45) is 9.63. The second-order valence-electron chi connectivity index (χ2n) is 3.66. The number of carbonyl (C=O) groups is 1. The number of hydrogen-bond acceptors (Lipinski definition) is 1. The van der Waals surface area contributed by atoms with Crippen molar-refractivity contribution in [3.63, 3.8) is 0 Å². The Labute approximate surface area is 88.3 Å². The fourth-order valence-electron chi connectivity index (χ4n) is 1.08. The summed E-state index contributed by atoms with van der Waals surface area (Å²) in [5.74, 6) is 0. The monoisotopic (exact) mass is 210 g/mol. The van der Waals surface area contributed by atoms with Crippen molar-refractivity contribution in [2.45, 2.75) is 13.8 Å². The number of aldehydes is 1. The first-order valence-corrected chi connectivity index (χ1v) is 7.09. The molecule has 0 aromatic carbocycles. The number of hydrogen-bond donors (Lipinski definition) is 0. The van der Waals surface area contributed by atoms with Crippen molar-refractivity contribution in [2.75, 3.05) is 19.5 Å². The van der Waals surface area contributed by atoms with E-state index in [0.29, 0.717) is 0 Å². The van der Waals surface area contributed by atoms with Crippen LogP contribution in [0.4, 0.5) is 0 Å². The van der Waals surface area contributed by atoms with E-state index in [1.54, 1.807) is 6.08 Å². The molecular formula is C12H19OP. The van der Waals surface area contributed by atoms with Crippen LogP contribution in [0, 0.1) is 0 Å². The Hall–Kier alpha value is -0.680. The van der Waals surface area contributed by atoms with Crippen LogP contribution >= 0.6 is 7.92 Å². The first-order chi connectivity index (χ1) is 6.56. The third-order valence-corrected chi connectivity index (χ3v) is 2.77. The summed E-state index contributed by atoms with van der Waals surface area (Å²) < 4.78 is 0. The number of rotatable bonds is 5. The SMILES string of the molecule is CC(/C=C/C=C(\C)CP(C)C)=C\C=O. The number of allylic oxidation sites excluding steroid dienone is 6. The van der Waals surface area contributed by atoms with Crippen LogP contribution in [-0.4, -0.2) is 25.8 Å². The molecule has 14 heavy (non-hydrogen) atoms. The van der Waals surface area contributed by atoms with E-state index in [9.17, 15) is 4.79 Å². The third-order valence-electron chi connectivity index (χ3n) is 1.64. The van der Waals surface area contributed by atoms with Crippen LogP contribution < -0.4 is 0 Å². The predicted octanol–water partition coefficient (Wildman–Crippen LogP) is 3.38. The summed E-state index contributed by atoms with van der Waals surface area (Å²) in [6, 6.07) is 0. The quantitative estimate of drug-likeness (QED) is 0.294. The van der Waals surface area contributed by atoms with Gasteiger partial charge in [0.1, 0.15) is 6.29 Å². The minimum Gasteiger partial charge on any atom is -0.299 e. The molecular weight excluding hydrogens is 191 g/mol. The molecule has 0 amide bonds.